The number of benzene rings is 1. The molecule has 0 bridgehead atoms. The first-order valence-electron chi connectivity index (χ1n) is 8.12. The second-order valence-electron chi connectivity index (χ2n) is 6.45. The first-order valence-corrected chi connectivity index (χ1v) is 8.94. The molecule has 4 nitrogen and oxygen atoms in total. The van der Waals surface area contributed by atoms with E-state index in [1.54, 1.807) is 11.3 Å². The Morgan fingerprint density at radius 2 is 1.83 bits per heavy atom. The number of hydrogen-bond acceptors (Lipinski definition) is 4. The molecule has 0 saturated carbocycles. The van der Waals surface area contributed by atoms with E-state index in [1.165, 1.54) is 23.3 Å². The first-order chi connectivity index (χ1) is 11.1. The second kappa shape index (κ2) is 5.57. The van der Waals surface area contributed by atoms with Gasteiger partial charge < -0.3 is 15.5 Å². The molecule has 1 amide bonds. The Hall–Kier alpha value is -2.01. The minimum atomic E-state index is -0.147. The molecule has 0 spiro atoms. The summed E-state index contributed by atoms with van der Waals surface area (Å²) >= 11 is 1.77. The van der Waals surface area contributed by atoms with Crippen LogP contribution in [0.3, 0.4) is 0 Å². The monoisotopic (exact) mass is 327 g/mol. The van der Waals surface area contributed by atoms with Crippen LogP contribution >= 0.6 is 11.3 Å². The summed E-state index contributed by atoms with van der Waals surface area (Å²) in [6, 6.07) is 8.31. The zero-order chi connectivity index (χ0) is 16.0. The summed E-state index contributed by atoms with van der Waals surface area (Å²) in [5.74, 6) is 0.0693. The molecular formula is C18H21N3OS. The SMILES string of the molecule is CN(C)c1ccc([C@@H]2NC(=O)c3c(sc4c3CCCC4)N2)cc1. The number of aryl methyl sites for hydroxylation is 1. The van der Waals surface area contributed by atoms with Crippen LogP contribution in [0.4, 0.5) is 10.7 Å². The highest BCUT2D eigenvalue weighted by Crippen LogP contribution is 2.41. The van der Waals surface area contributed by atoms with Gasteiger partial charge in [0, 0.05) is 24.7 Å². The molecule has 1 aliphatic carbocycles. The number of amides is 1. The molecule has 1 aromatic heterocycles. The lowest BCUT2D eigenvalue weighted by Gasteiger charge is -2.27. The van der Waals surface area contributed by atoms with Gasteiger partial charge in [-0.1, -0.05) is 12.1 Å². The van der Waals surface area contributed by atoms with Crippen LogP contribution in [-0.2, 0) is 12.8 Å². The van der Waals surface area contributed by atoms with E-state index in [9.17, 15) is 4.79 Å². The van der Waals surface area contributed by atoms with Crippen molar-refractivity contribution in [3.05, 3.63) is 45.8 Å². The summed E-state index contributed by atoms with van der Waals surface area (Å²) in [6.45, 7) is 0. The fourth-order valence-corrected chi connectivity index (χ4v) is 4.72. The van der Waals surface area contributed by atoms with Gasteiger partial charge in [-0.15, -0.1) is 11.3 Å². The van der Waals surface area contributed by atoms with Crippen LogP contribution in [0.5, 0.6) is 0 Å². The topological polar surface area (TPSA) is 44.4 Å². The predicted molar refractivity (Wildman–Crippen MR) is 95.6 cm³/mol. The molecule has 2 heterocycles. The number of carbonyl (C=O) groups excluding carboxylic acids is 1. The highest BCUT2D eigenvalue weighted by molar-refractivity contribution is 7.16. The van der Waals surface area contributed by atoms with Crippen molar-refractivity contribution in [3.63, 3.8) is 0 Å². The maximum atomic E-state index is 12.6. The zero-order valence-corrected chi connectivity index (χ0v) is 14.3. The summed E-state index contributed by atoms with van der Waals surface area (Å²) in [5, 5.41) is 7.68. The first kappa shape index (κ1) is 14.6. The van der Waals surface area contributed by atoms with Crippen LogP contribution in [0, 0.1) is 0 Å². The molecule has 0 radical (unpaired) electrons. The van der Waals surface area contributed by atoms with Crippen molar-refractivity contribution in [2.45, 2.75) is 31.8 Å². The van der Waals surface area contributed by atoms with Crippen molar-refractivity contribution < 1.29 is 4.79 Å². The summed E-state index contributed by atoms with van der Waals surface area (Å²) in [4.78, 5) is 16.1. The van der Waals surface area contributed by atoms with Gasteiger partial charge in [0.1, 0.15) is 11.2 Å². The maximum absolute atomic E-state index is 12.6. The van der Waals surface area contributed by atoms with E-state index >= 15 is 0 Å². The molecule has 0 fully saturated rings. The maximum Gasteiger partial charge on any atom is 0.256 e. The van der Waals surface area contributed by atoms with Crippen molar-refractivity contribution in [2.24, 2.45) is 0 Å². The standard InChI is InChI=1S/C18H21N3OS/c1-21(2)12-9-7-11(8-10-12)16-19-17(22)15-13-5-3-4-6-14(13)23-18(15)20-16/h7-10,16,20H,3-6H2,1-2H3,(H,19,22)/t16-/m1/s1. The highest BCUT2D eigenvalue weighted by atomic mass is 32.1. The molecule has 1 atom stereocenters. The van der Waals surface area contributed by atoms with E-state index in [2.05, 4.69) is 39.8 Å². The predicted octanol–water partition coefficient (Wildman–Crippen LogP) is 3.55. The molecule has 2 aromatic rings. The fraction of sp³-hybridized carbons (Fsp3) is 0.389. The molecule has 23 heavy (non-hydrogen) atoms. The molecule has 0 unspecified atom stereocenters. The van der Waals surface area contributed by atoms with Crippen LogP contribution in [0.2, 0.25) is 0 Å². The van der Waals surface area contributed by atoms with E-state index in [0.717, 1.165) is 34.7 Å². The largest absolute Gasteiger partial charge is 0.378 e. The lowest BCUT2D eigenvalue weighted by molar-refractivity contribution is 0.0935. The Labute approximate surface area is 140 Å². The van der Waals surface area contributed by atoms with Gasteiger partial charge in [-0.05, 0) is 48.9 Å². The van der Waals surface area contributed by atoms with E-state index in [4.69, 9.17) is 0 Å². The number of hydrogen-bond donors (Lipinski definition) is 2. The van der Waals surface area contributed by atoms with E-state index in [1.807, 2.05) is 14.1 Å². The molecule has 120 valence electrons. The van der Waals surface area contributed by atoms with Gasteiger partial charge in [0.15, 0.2) is 0 Å². The van der Waals surface area contributed by atoms with Gasteiger partial charge in [-0.3, -0.25) is 4.79 Å². The van der Waals surface area contributed by atoms with E-state index in [-0.39, 0.29) is 12.1 Å². The molecule has 2 N–H and O–H groups in total. The number of nitrogens with one attached hydrogen (secondary N) is 2. The molecule has 2 aliphatic rings. The normalized spacial score (nSPS) is 19.4. The van der Waals surface area contributed by atoms with Crippen molar-refractivity contribution in [3.8, 4) is 0 Å². The van der Waals surface area contributed by atoms with Gasteiger partial charge in [0.2, 0.25) is 0 Å². The Balaban J connectivity index is 1.64. The number of thiophene rings is 1. The number of nitrogens with zero attached hydrogens (tertiary/aromatic N) is 1. The average molecular weight is 327 g/mol. The van der Waals surface area contributed by atoms with Crippen molar-refractivity contribution >= 4 is 27.9 Å². The quantitative estimate of drug-likeness (QED) is 0.886. The molecule has 1 aliphatic heterocycles. The second-order valence-corrected chi connectivity index (χ2v) is 7.56. The Kier molecular flexibility index (Phi) is 3.53. The summed E-state index contributed by atoms with van der Waals surface area (Å²) in [7, 11) is 4.05. The van der Waals surface area contributed by atoms with Crippen molar-refractivity contribution in [1.82, 2.24) is 5.32 Å². The van der Waals surface area contributed by atoms with Crippen LogP contribution < -0.4 is 15.5 Å². The molecular weight excluding hydrogens is 306 g/mol. The van der Waals surface area contributed by atoms with Gasteiger partial charge in [-0.25, -0.2) is 0 Å². The fourth-order valence-electron chi connectivity index (χ4n) is 3.41. The van der Waals surface area contributed by atoms with E-state index < -0.39 is 0 Å². The highest BCUT2D eigenvalue weighted by Gasteiger charge is 2.31. The van der Waals surface area contributed by atoms with Crippen LogP contribution in [0.15, 0.2) is 24.3 Å². The zero-order valence-electron chi connectivity index (χ0n) is 13.5. The number of carbonyl (C=O) groups is 1. The Bertz CT molecular complexity index is 748. The van der Waals surface area contributed by atoms with Gasteiger partial charge in [-0.2, -0.15) is 0 Å². The summed E-state index contributed by atoms with van der Waals surface area (Å²) < 4.78 is 0. The molecule has 5 heteroatoms. The van der Waals surface area contributed by atoms with Gasteiger partial charge in [0.25, 0.3) is 5.91 Å². The molecule has 0 saturated heterocycles. The number of rotatable bonds is 2. The molecule has 4 rings (SSSR count). The van der Waals surface area contributed by atoms with E-state index in [0.29, 0.717) is 0 Å². The lowest BCUT2D eigenvalue weighted by atomic mass is 9.94. The Morgan fingerprint density at radius 1 is 1.09 bits per heavy atom. The van der Waals surface area contributed by atoms with Gasteiger partial charge >= 0.3 is 0 Å². The van der Waals surface area contributed by atoms with Crippen LogP contribution in [0.25, 0.3) is 0 Å². The van der Waals surface area contributed by atoms with Crippen LogP contribution in [0.1, 0.15) is 45.4 Å². The smallest absolute Gasteiger partial charge is 0.256 e. The average Bonchev–Trinajstić information content (AvgIpc) is 2.93. The number of anilines is 2. The third-order valence-electron chi connectivity index (χ3n) is 4.69. The third kappa shape index (κ3) is 2.49. The summed E-state index contributed by atoms with van der Waals surface area (Å²) in [6.07, 6.45) is 4.44. The minimum Gasteiger partial charge on any atom is -0.378 e. The summed E-state index contributed by atoms with van der Waals surface area (Å²) in [5.41, 5.74) is 4.41. The van der Waals surface area contributed by atoms with Crippen LogP contribution in [-0.4, -0.2) is 20.0 Å². The van der Waals surface area contributed by atoms with Gasteiger partial charge in [0.05, 0.1) is 5.56 Å². The lowest BCUT2D eigenvalue weighted by Crippen LogP contribution is -2.38. The Morgan fingerprint density at radius 3 is 2.57 bits per heavy atom. The minimum absolute atomic E-state index is 0.0693. The van der Waals surface area contributed by atoms with Crippen molar-refractivity contribution in [2.75, 3.05) is 24.3 Å². The molecule has 1 aromatic carbocycles. The third-order valence-corrected chi connectivity index (χ3v) is 5.92. The van der Waals surface area contributed by atoms with Crippen molar-refractivity contribution in [1.29, 1.82) is 0 Å². The number of fused-ring (bicyclic) bond motifs is 3.